The number of nitrogens with one attached hydrogen (secondary N) is 1. The molecule has 8 nitrogen and oxygen atoms in total. The van der Waals surface area contributed by atoms with Crippen molar-refractivity contribution in [2.24, 2.45) is 16.9 Å². The van der Waals surface area contributed by atoms with Gasteiger partial charge in [-0.2, -0.15) is 18.3 Å². The van der Waals surface area contributed by atoms with Gasteiger partial charge in [0.05, 0.1) is 35.2 Å². The molecule has 0 bridgehead atoms. The molecule has 11 heteroatoms. The average Bonchev–Trinajstić information content (AvgIpc) is 3.17. The number of benzene rings is 1. The van der Waals surface area contributed by atoms with E-state index in [1.165, 1.54) is 16.8 Å². The minimum atomic E-state index is -4.77. The highest BCUT2D eigenvalue weighted by atomic mass is 19.4. The predicted octanol–water partition coefficient (Wildman–Crippen LogP) is 3.84. The fraction of sp³-hybridized carbons (Fsp3) is 0.560. The molecular weight excluding hydrogens is 475 g/mol. The summed E-state index contributed by atoms with van der Waals surface area (Å²) in [6.45, 7) is 4.65. The summed E-state index contributed by atoms with van der Waals surface area (Å²) < 4.78 is 48.4. The van der Waals surface area contributed by atoms with E-state index >= 15 is 0 Å². The lowest BCUT2D eigenvalue weighted by Gasteiger charge is -2.30. The molecule has 0 radical (unpaired) electrons. The molecule has 2 aliphatic rings. The fourth-order valence-corrected chi connectivity index (χ4v) is 5.19. The van der Waals surface area contributed by atoms with Gasteiger partial charge in [-0.1, -0.05) is 13.8 Å². The summed E-state index contributed by atoms with van der Waals surface area (Å²) in [4.78, 5) is 24.8. The number of nitrogens with two attached hydrogens (primary N) is 2. The second-order valence-electron chi connectivity index (χ2n) is 10.4. The molecule has 1 fully saturated rings. The Labute approximate surface area is 207 Å². The second kappa shape index (κ2) is 9.85. The lowest BCUT2D eigenvalue weighted by Crippen LogP contribution is -2.31. The van der Waals surface area contributed by atoms with E-state index < -0.39 is 29.0 Å². The highest BCUT2D eigenvalue weighted by Gasteiger charge is 2.45. The third-order valence-corrected chi connectivity index (χ3v) is 6.83. The van der Waals surface area contributed by atoms with Crippen LogP contribution >= 0.6 is 0 Å². The fourth-order valence-electron chi connectivity index (χ4n) is 5.19. The van der Waals surface area contributed by atoms with Crippen molar-refractivity contribution in [3.05, 3.63) is 40.7 Å². The standard InChI is InChI=1S/C25H32F3N5O3/c1-24(2)12-19-21(20(34)13-24)22(25(26,27)28)32-33(19)15-5-8-17(23(30)35)18(11-15)31-14-3-6-16(7-4-14)36-10-9-29/h5,8,11,14,16,31H,3-4,6-7,9-10,12-13,29H2,1-2H3,(H2,30,35). The van der Waals surface area contributed by atoms with Gasteiger partial charge in [-0.3, -0.25) is 9.59 Å². The zero-order valence-electron chi connectivity index (χ0n) is 20.5. The van der Waals surface area contributed by atoms with Gasteiger partial charge >= 0.3 is 6.18 Å². The number of halogens is 3. The van der Waals surface area contributed by atoms with Gasteiger partial charge in [0.25, 0.3) is 5.91 Å². The van der Waals surface area contributed by atoms with Crippen LogP contribution in [0, 0.1) is 5.41 Å². The number of fused-ring (bicyclic) bond motifs is 1. The minimum Gasteiger partial charge on any atom is -0.382 e. The third kappa shape index (κ3) is 5.41. The van der Waals surface area contributed by atoms with Crippen LogP contribution in [0.25, 0.3) is 5.69 Å². The van der Waals surface area contributed by atoms with Gasteiger partial charge in [0.2, 0.25) is 0 Å². The topological polar surface area (TPSA) is 125 Å². The van der Waals surface area contributed by atoms with Crippen LogP contribution in [0.5, 0.6) is 0 Å². The summed E-state index contributed by atoms with van der Waals surface area (Å²) in [5.41, 5.74) is 10.2. The number of hydrogen-bond acceptors (Lipinski definition) is 6. The molecule has 0 atom stereocenters. The Morgan fingerprint density at radius 2 is 1.92 bits per heavy atom. The summed E-state index contributed by atoms with van der Waals surface area (Å²) in [6, 6.07) is 4.60. The molecular formula is C25H32F3N5O3. The molecule has 1 aromatic heterocycles. The van der Waals surface area contributed by atoms with E-state index in [1.807, 2.05) is 13.8 Å². The summed E-state index contributed by atoms with van der Waals surface area (Å²) in [5.74, 6) is -1.22. The monoisotopic (exact) mass is 507 g/mol. The van der Waals surface area contributed by atoms with Crippen molar-refractivity contribution in [2.45, 2.75) is 70.7 Å². The quantitative estimate of drug-likeness (QED) is 0.523. The van der Waals surface area contributed by atoms with Crippen molar-refractivity contribution in [2.75, 3.05) is 18.5 Å². The smallest absolute Gasteiger partial charge is 0.382 e. The predicted molar refractivity (Wildman–Crippen MR) is 128 cm³/mol. The van der Waals surface area contributed by atoms with Crippen molar-refractivity contribution in [1.29, 1.82) is 0 Å². The molecule has 196 valence electrons. The molecule has 5 N–H and O–H groups in total. The van der Waals surface area contributed by atoms with Crippen molar-refractivity contribution in [3.8, 4) is 5.69 Å². The maximum atomic E-state index is 13.8. The Hall–Kier alpha value is -2.92. The van der Waals surface area contributed by atoms with Crippen molar-refractivity contribution < 1.29 is 27.5 Å². The van der Waals surface area contributed by atoms with Crippen LogP contribution in [0.15, 0.2) is 18.2 Å². The van der Waals surface area contributed by atoms with Gasteiger partial charge in [0.1, 0.15) is 0 Å². The number of anilines is 1. The van der Waals surface area contributed by atoms with E-state index in [0.29, 0.717) is 24.5 Å². The summed E-state index contributed by atoms with van der Waals surface area (Å²) in [6.07, 6.45) is -1.16. The van der Waals surface area contributed by atoms with E-state index in [-0.39, 0.29) is 41.8 Å². The number of amides is 1. The Balaban J connectivity index is 1.69. The van der Waals surface area contributed by atoms with Crippen LogP contribution in [0.2, 0.25) is 0 Å². The number of primary amides is 1. The van der Waals surface area contributed by atoms with Crippen LogP contribution in [-0.2, 0) is 17.3 Å². The number of hydrogen-bond donors (Lipinski definition) is 3. The molecule has 1 saturated carbocycles. The molecule has 0 saturated heterocycles. The van der Waals surface area contributed by atoms with E-state index in [4.69, 9.17) is 16.2 Å². The average molecular weight is 508 g/mol. The van der Waals surface area contributed by atoms with E-state index in [1.54, 1.807) is 6.07 Å². The maximum Gasteiger partial charge on any atom is 0.435 e. The molecule has 2 aliphatic carbocycles. The summed E-state index contributed by atoms with van der Waals surface area (Å²) in [5, 5.41) is 7.20. The van der Waals surface area contributed by atoms with Crippen molar-refractivity contribution in [1.82, 2.24) is 9.78 Å². The van der Waals surface area contributed by atoms with Gasteiger partial charge in [-0.25, -0.2) is 4.68 Å². The largest absolute Gasteiger partial charge is 0.435 e. The maximum absolute atomic E-state index is 13.8. The minimum absolute atomic E-state index is 0.0138. The highest BCUT2D eigenvalue weighted by molar-refractivity contribution is 6.00. The highest BCUT2D eigenvalue weighted by Crippen LogP contribution is 2.42. The van der Waals surface area contributed by atoms with E-state index in [2.05, 4.69) is 10.4 Å². The first-order valence-electron chi connectivity index (χ1n) is 12.1. The van der Waals surface area contributed by atoms with Gasteiger partial charge < -0.3 is 21.5 Å². The molecule has 0 spiro atoms. The van der Waals surface area contributed by atoms with Crippen LogP contribution in [0.3, 0.4) is 0 Å². The van der Waals surface area contributed by atoms with Gasteiger partial charge in [-0.05, 0) is 55.7 Å². The lowest BCUT2D eigenvalue weighted by molar-refractivity contribution is -0.141. The molecule has 1 amide bonds. The van der Waals surface area contributed by atoms with Gasteiger partial charge in [-0.15, -0.1) is 0 Å². The number of carbonyl (C=O) groups is 2. The molecule has 36 heavy (non-hydrogen) atoms. The summed E-state index contributed by atoms with van der Waals surface area (Å²) in [7, 11) is 0. The van der Waals surface area contributed by atoms with Gasteiger partial charge in [0.15, 0.2) is 11.5 Å². The normalized spacial score (nSPS) is 21.8. The van der Waals surface area contributed by atoms with Gasteiger partial charge in [0, 0.05) is 24.7 Å². The zero-order valence-corrected chi connectivity index (χ0v) is 20.5. The molecule has 4 rings (SSSR count). The lowest BCUT2D eigenvalue weighted by atomic mass is 9.75. The number of carbonyl (C=O) groups excluding carboxylic acids is 2. The second-order valence-corrected chi connectivity index (χ2v) is 10.4. The van der Waals surface area contributed by atoms with E-state index in [9.17, 15) is 22.8 Å². The number of aromatic nitrogens is 2. The molecule has 2 aromatic rings. The van der Waals surface area contributed by atoms with Crippen molar-refractivity contribution in [3.63, 3.8) is 0 Å². The number of ketones is 1. The molecule has 0 aliphatic heterocycles. The number of nitrogens with zero attached hydrogens (tertiary/aromatic N) is 2. The van der Waals surface area contributed by atoms with Crippen LogP contribution in [0.4, 0.5) is 18.9 Å². The summed E-state index contributed by atoms with van der Waals surface area (Å²) >= 11 is 0. The number of rotatable bonds is 7. The first-order chi connectivity index (χ1) is 16.9. The first kappa shape index (κ1) is 26.2. The SMILES string of the molecule is CC1(C)CC(=O)c2c(C(F)(F)F)nn(-c3ccc(C(N)=O)c(NC4CCC(OCCN)CC4)c3)c2C1. The Morgan fingerprint density at radius 3 is 2.53 bits per heavy atom. The number of Topliss-reactive ketones (excluding diaryl/α,β-unsaturated/α-hetero) is 1. The molecule has 1 aromatic carbocycles. The van der Waals surface area contributed by atoms with Crippen molar-refractivity contribution >= 4 is 17.4 Å². The molecule has 1 heterocycles. The van der Waals surface area contributed by atoms with E-state index in [0.717, 1.165) is 25.7 Å². The Kier molecular flexibility index (Phi) is 7.16. The Morgan fingerprint density at radius 1 is 1.22 bits per heavy atom. The zero-order chi connectivity index (χ0) is 26.3. The number of alkyl halides is 3. The third-order valence-electron chi connectivity index (χ3n) is 6.83. The molecule has 0 unspecified atom stereocenters. The number of ether oxygens (including phenoxy) is 1. The van der Waals surface area contributed by atoms with Crippen LogP contribution in [0.1, 0.15) is 78.1 Å². The van der Waals surface area contributed by atoms with Crippen LogP contribution < -0.4 is 16.8 Å². The first-order valence-corrected chi connectivity index (χ1v) is 12.1. The Bertz CT molecular complexity index is 1150. The van der Waals surface area contributed by atoms with Crippen LogP contribution in [-0.4, -0.2) is 46.8 Å².